The van der Waals surface area contributed by atoms with Crippen LogP contribution < -0.4 is 5.32 Å². The van der Waals surface area contributed by atoms with Crippen molar-refractivity contribution in [3.8, 4) is 0 Å². The number of aromatic nitrogens is 2. The summed E-state index contributed by atoms with van der Waals surface area (Å²) in [6.45, 7) is 1.43. The number of nitrogens with one attached hydrogen (secondary N) is 1. The number of hydrogen-bond acceptors (Lipinski definition) is 5. The zero-order chi connectivity index (χ0) is 13.1. The molecule has 1 N–H and O–H groups in total. The number of pyridine rings is 1. The summed E-state index contributed by atoms with van der Waals surface area (Å²) in [7, 11) is 0. The molecule has 0 aliphatic carbocycles. The van der Waals surface area contributed by atoms with Crippen molar-refractivity contribution in [2.45, 2.75) is 6.92 Å². The predicted molar refractivity (Wildman–Crippen MR) is 72.0 cm³/mol. The first-order valence-corrected chi connectivity index (χ1v) is 6.63. The Kier molecular flexibility index (Phi) is 3.83. The van der Waals surface area contributed by atoms with E-state index in [1.807, 2.05) is 0 Å². The average molecular weight is 326 g/mol. The van der Waals surface area contributed by atoms with Gasteiger partial charge in [-0.05, 0) is 28.1 Å². The van der Waals surface area contributed by atoms with Crippen LogP contribution in [0.2, 0.25) is 0 Å². The van der Waals surface area contributed by atoms with Gasteiger partial charge < -0.3 is 0 Å². The number of halogens is 1. The summed E-state index contributed by atoms with van der Waals surface area (Å²) in [6, 6.07) is 3.20. The molecule has 0 aromatic carbocycles. The van der Waals surface area contributed by atoms with Gasteiger partial charge in [0.2, 0.25) is 0 Å². The fourth-order valence-electron chi connectivity index (χ4n) is 1.21. The Hall–Kier alpha value is -1.60. The summed E-state index contributed by atoms with van der Waals surface area (Å²) in [6.07, 6.45) is 1.53. The van der Waals surface area contributed by atoms with Gasteiger partial charge >= 0.3 is 0 Å². The summed E-state index contributed by atoms with van der Waals surface area (Å²) in [4.78, 5) is 30.9. The number of hydrogen-bond donors (Lipinski definition) is 1. The second-order valence-electron chi connectivity index (χ2n) is 3.42. The second-order valence-corrected chi connectivity index (χ2v) is 5.09. The number of nitrogens with zero attached hydrogens (tertiary/aromatic N) is 2. The Labute approximate surface area is 115 Å². The highest BCUT2D eigenvalue weighted by Crippen LogP contribution is 2.17. The Morgan fingerprint density at radius 1 is 1.44 bits per heavy atom. The number of Topliss-reactive ketones (excluding diaryl/α,β-unsaturated/α-hetero) is 1. The second kappa shape index (κ2) is 5.36. The first-order chi connectivity index (χ1) is 8.56. The van der Waals surface area contributed by atoms with Crippen LogP contribution in [0.5, 0.6) is 0 Å². The number of anilines is 1. The summed E-state index contributed by atoms with van der Waals surface area (Å²) < 4.78 is 0.582. The van der Waals surface area contributed by atoms with Crippen molar-refractivity contribution < 1.29 is 9.59 Å². The van der Waals surface area contributed by atoms with Gasteiger partial charge in [0.1, 0.15) is 10.3 Å². The Balaban J connectivity index is 2.13. The van der Waals surface area contributed by atoms with Gasteiger partial charge in [-0.1, -0.05) is 0 Å². The molecular formula is C11H8BrN3O2S. The molecule has 2 rings (SSSR count). The van der Waals surface area contributed by atoms with E-state index >= 15 is 0 Å². The maximum absolute atomic E-state index is 11.9. The van der Waals surface area contributed by atoms with Gasteiger partial charge in [-0.15, -0.1) is 11.3 Å². The predicted octanol–water partition coefficient (Wildman–Crippen LogP) is 2.76. The summed E-state index contributed by atoms with van der Waals surface area (Å²) in [5.74, 6) is -0.416. The number of ketones is 1. The fraction of sp³-hybridized carbons (Fsp3) is 0.0909. The molecular weight excluding hydrogens is 318 g/mol. The van der Waals surface area contributed by atoms with E-state index in [1.54, 1.807) is 17.5 Å². The molecule has 2 heterocycles. The van der Waals surface area contributed by atoms with E-state index in [0.717, 1.165) is 0 Å². The highest BCUT2D eigenvalue weighted by molar-refractivity contribution is 9.10. The topological polar surface area (TPSA) is 72.0 Å². The van der Waals surface area contributed by atoms with Gasteiger partial charge in [-0.25, -0.2) is 9.97 Å². The van der Waals surface area contributed by atoms with Gasteiger partial charge in [0.05, 0.1) is 0 Å². The van der Waals surface area contributed by atoms with Crippen LogP contribution in [0.3, 0.4) is 0 Å². The monoisotopic (exact) mass is 325 g/mol. The third-order valence-corrected chi connectivity index (χ3v) is 3.27. The van der Waals surface area contributed by atoms with Crippen LogP contribution in [0, 0.1) is 0 Å². The van der Waals surface area contributed by atoms with Crippen LogP contribution in [-0.4, -0.2) is 21.7 Å². The number of thiazole rings is 1. The lowest BCUT2D eigenvalue weighted by Crippen LogP contribution is -2.12. The standard InChI is InChI=1S/C11H8BrN3O2S/c1-6(16)8-5-18-11(14-8)15-10(17)7-2-3-13-9(12)4-7/h2-5H,1H3,(H,14,15,17). The average Bonchev–Trinajstić information content (AvgIpc) is 2.77. The lowest BCUT2D eigenvalue weighted by atomic mass is 10.2. The fourth-order valence-corrected chi connectivity index (χ4v) is 2.32. The van der Waals surface area contributed by atoms with Gasteiger partial charge in [0.15, 0.2) is 10.9 Å². The first kappa shape index (κ1) is 12.8. The number of rotatable bonds is 3. The van der Waals surface area contributed by atoms with E-state index < -0.39 is 0 Å². The lowest BCUT2D eigenvalue weighted by molar-refractivity contribution is 0.100. The van der Waals surface area contributed by atoms with Crippen LogP contribution in [-0.2, 0) is 0 Å². The Morgan fingerprint density at radius 2 is 2.22 bits per heavy atom. The van der Waals surface area contributed by atoms with Crippen LogP contribution in [0.25, 0.3) is 0 Å². The molecule has 0 aliphatic heterocycles. The molecule has 0 saturated carbocycles. The quantitative estimate of drug-likeness (QED) is 0.695. The van der Waals surface area contributed by atoms with Crippen molar-refractivity contribution in [2.75, 3.05) is 5.32 Å². The molecule has 0 atom stereocenters. The van der Waals surface area contributed by atoms with E-state index in [2.05, 4.69) is 31.2 Å². The summed E-state index contributed by atoms with van der Waals surface area (Å²) >= 11 is 4.40. The van der Waals surface area contributed by atoms with Crippen LogP contribution >= 0.6 is 27.3 Å². The zero-order valence-corrected chi connectivity index (χ0v) is 11.7. The molecule has 0 radical (unpaired) electrons. The third kappa shape index (κ3) is 2.99. The molecule has 0 saturated heterocycles. The third-order valence-electron chi connectivity index (χ3n) is 2.07. The van der Waals surface area contributed by atoms with Crippen molar-refractivity contribution in [1.82, 2.24) is 9.97 Å². The Bertz CT molecular complexity index is 612. The van der Waals surface area contributed by atoms with Crippen LogP contribution in [0.4, 0.5) is 5.13 Å². The molecule has 0 fully saturated rings. The highest BCUT2D eigenvalue weighted by Gasteiger charge is 2.11. The molecule has 0 bridgehead atoms. The molecule has 18 heavy (non-hydrogen) atoms. The van der Waals surface area contributed by atoms with Crippen molar-refractivity contribution in [3.63, 3.8) is 0 Å². The van der Waals surface area contributed by atoms with Crippen molar-refractivity contribution in [3.05, 3.63) is 39.6 Å². The molecule has 0 spiro atoms. The van der Waals surface area contributed by atoms with Crippen LogP contribution in [0.15, 0.2) is 28.3 Å². The maximum atomic E-state index is 11.9. The van der Waals surface area contributed by atoms with Crippen LogP contribution in [0.1, 0.15) is 27.8 Å². The van der Waals surface area contributed by atoms with Gasteiger partial charge in [0.25, 0.3) is 5.91 Å². The Morgan fingerprint density at radius 3 is 2.83 bits per heavy atom. The minimum Gasteiger partial charge on any atom is -0.298 e. The van der Waals surface area contributed by atoms with E-state index in [-0.39, 0.29) is 11.7 Å². The minimum atomic E-state index is -0.289. The molecule has 0 unspecified atom stereocenters. The molecule has 2 aromatic rings. The number of carbonyl (C=O) groups is 2. The van der Waals surface area contributed by atoms with E-state index in [9.17, 15) is 9.59 Å². The van der Waals surface area contributed by atoms with E-state index in [1.165, 1.54) is 24.5 Å². The van der Waals surface area contributed by atoms with Gasteiger partial charge in [0, 0.05) is 24.1 Å². The van der Waals surface area contributed by atoms with Crippen molar-refractivity contribution in [1.29, 1.82) is 0 Å². The van der Waals surface area contributed by atoms with E-state index in [4.69, 9.17) is 0 Å². The van der Waals surface area contributed by atoms with E-state index in [0.29, 0.717) is 21.0 Å². The molecule has 2 aromatic heterocycles. The zero-order valence-electron chi connectivity index (χ0n) is 9.31. The maximum Gasteiger partial charge on any atom is 0.257 e. The molecule has 92 valence electrons. The largest absolute Gasteiger partial charge is 0.298 e. The normalized spacial score (nSPS) is 10.1. The summed E-state index contributed by atoms with van der Waals surface area (Å²) in [5.41, 5.74) is 0.822. The van der Waals surface area contributed by atoms with Crippen molar-refractivity contribution in [2.24, 2.45) is 0 Å². The highest BCUT2D eigenvalue weighted by atomic mass is 79.9. The molecule has 0 aliphatic rings. The number of amides is 1. The summed E-state index contributed by atoms with van der Waals surface area (Å²) in [5, 5.41) is 4.64. The number of carbonyl (C=O) groups excluding carboxylic acids is 2. The molecule has 7 heteroatoms. The minimum absolute atomic E-state index is 0.126. The molecule has 5 nitrogen and oxygen atoms in total. The lowest BCUT2D eigenvalue weighted by Gasteiger charge is -2.01. The van der Waals surface area contributed by atoms with Gasteiger partial charge in [-0.2, -0.15) is 0 Å². The smallest absolute Gasteiger partial charge is 0.257 e. The SMILES string of the molecule is CC(=O)c1csc(NC(=O)c2ccnc(Br)c2)n1. The van der Waals surface area contributed by atoms with Crippen molar-refractivity contribution >= 4 is 44.1 Å². The molecule has 1 amide bonds. The first-order valence-electron chi connectivity index (χ1n) is 4.95. The van der Waals surface area contributed by atoms with Gasteiger partial charge in [-0.3, -0.25) is 14.9 Å².